The zero-order valence-corrected chi connectivity index (χ0v) is 11.9. The number of nitro groups is 1. The van der Waals surface area contributed by atoms with E-state index in [0.29, 0.717) is 17.3 Å². The van der Waals surface area contributed by atoms with Crippen LogP contribution in [0.25, 0.3) is 6.08 Å². The summed E-state index contributed by atoms with van der Waals surface area (Å²) in [7, 11) is 0. The summed E-state index contributed by atoms with van der Waals surface area (Å²) in [6, 6.07) is 5.60. The van der Waals surface area contributed by atoms with Crippen LogP contribution >= 0.6 is 11.8 Å². The van der Waals surface area contributed by atoms with Gasteiger partial charge in [0.05, 0.1) is 9.83 Å². The van der Waals surface area contributed by atoms with Crippen molar-refractivity contribution in [1.29, 1.82) is 0 Å². The number of carboxylic acid groups (broad SMARTS) is 1. The summed E-state index contributed by atoms with van der Waals surface area (Å²) in [4.78, 5) is 45.1. The van der Waals surface area contributed by atoms with Crippen molar-refractivity contribution in [3.8, 4) is 0 Å². The van der Waals surface area contributed by atoms with Crippen molar-refractivity contribution in [2.45, 2.75) is 6.42 Å². The molecule has 0 N–H and O–H groups in total. The number of hydrogen-bond acceptors (Lipinski definition) is 7. The van der Waals surface area contributed by atoms with E-state index >= 15 is 0 Å². The zero-order chi connectivity index (χ0) is 16.3. The van der Waals surface area contributed by atoms with Crippen LogP contribution in [-0.2, 0) is 9.59 Å². The number of carbonyl (C=O) groups excluding carboxylic acids is 3. The Hall–Kier alpha value is -2.68. The van der Waals surface area contributed by atoms with Crippen molar-refractivity contribution in [3.63, 3.8) is 0 Å². The second-order valence-electron chi connectivity index (χ2n) is 4.31. The Morgan fingerprint density at radius 1 is 1.36 bits per heavy atom. The maximum Gasteiger partial charge on any atom is 0.293 e. The Kier molecular flexibility index (Phi) is 4.56. The quantitative estimate of drug-likeness (QED) is 0.446. The lowest BCUT2D eigenvalue weighted by molar-refractivity contribution is -0.384. The highest BCUT2D eigenvalue weighted by Crippen LogP contribution is 2.32. The largest absolute Gasteiger partial charge is 0.550 e. The van der Waals surface area contributed by atoms with E-state index in [4.69, 9.17) is 0 Å². The van der Waals surface area contributed by atoms with Crippen molar-refractivity contribution in [2.75, 3.05) is 6.54 Å². The molecule has 0 aromatic heterocycles. The first-order valence-electron chi connectivity index (χ1n) is 6.08. The normalized spacial score (nSPS) is 16.4. The van der Waals surface area contributed by atoms with Crippen molar-refractivity contribution < 1.29 is 24.4 Å². The maximum atomic E-state index is 12.0. The first kappa shape index (κ1) is 15.7. The van der Waals surface area contributed by atoms with E-state index in [2.05, 4.69) is 0 Å². The van der Waals surface area contributed by atoms with Gasteiger partial charge in [-0.05, 0) is 23.4 Å². The number of nitro benzene ring substituents is 1. The topological polar surface area (TPSA) is 121 Å². The smallest absolute Gasteiger partial charge is 0.293 e. The molecule has 22 heavy (non-hydrogen) atoms. The van der Waals surface area contributed by atoms with Gasteiger partial charge in [0.2, 0.25) is 0 Å². The van der Waals surface area contributed by atoms with Crippen LogP contribution < -0.4 is 5.11 Å². The van der Waals surface area contributed by atoms with Gasteiger partial charge in [-0.25, -0.2) is 0 Å². The Balaban J connectivity index is 2.21. The van der Waals surface area contributed by atoms with Crippen LogP contribution in [0.1, 0.15) is 12.0 Å². The number of imide groups is 1. The predicted molar refractivity (Wildman–Crippen MR) is 75.4 cm³/mol. The van der Waals surface area contributed by atoms with Gasteiger partial charge < -0.3 is 9.90 Å². The molecular weight excluding hydrogens is 312 g/mol. The van der Waals surface area contributed by atoms with Crippen molar-refractivity contribution >= 4 is 40.6 Å². The summed E-state index contributed by atoms with van der Waals surface area (Å²) >= 11 is 0.658. The van der Waals surface area contributed by atoms with Crippen molar-refractivity contribution in [2.24, 2.45) is 0 Å². The Morgan fingerprint density at radius 2 is 2.09 bits per heavy atom. The van der Waals surface area contributed by atoms with Gasteiger partial charge in [-0.3, -0.25) is 24.6 Å². The summed E-state index contributed by atoms with van der Waals surface area (Å²) in [5.74, 6) is -1.98. The number of hydrogen-bond donors (Lipinski definition) is 0. The first-order valence-corrected chi connectivity index (χ1v) is 6.90. The molecule has 0 unspecified atom stereocenters. The maximum absolute atomic E-state index is 12.0. The van der Waals surface area contributed by atoms with E-state index in [-0.39, 0.29) is 17.1 Å². The fraction of sp³-hybridized carbons (Fsp3) is 0.154. The van der Waals surface area contributed by atoms with Crippen LogP contribution in [0.4, 0.5) is 10.5 Å². The Labute approximate surface area is 128 Å². The molecule has 1 fully saturated rings. The van der Waals surface area contributed by atoms with E-state index in [1.807, 2.05) is 0 Å². The van der Waals surface area contributed by atoms with Crippen LogP contribution in [0.2, 0.25) is 0 Å². The SMILES string of the molecule is O=C([O-])CCN1C(=O)S/C(=C/c2cccc([N+](=O)[O-])c2)C1=O. The van der Waals surface area contributed by atoms with Crippen molar-refractivity contribution in [1.82, 2.24) is 4.90 Å². The molecule has 114 valence electrons. The van der Waals surface area contributed by atoms with Gasteiger partial charge in [0.1, 0.15) is 0 Å². The molecule has 1 heterocycles. The van der Waals surface area contributed by atoms with E-state index in [9.17, 15) is 29.6 Å². The lowest BCUT2D eigenvalue weighted by atomic mass is 10.2. The van der Waals surface area contributed by atoms with Gasteiger partial charge >= 0.3 is 0 Å². The Morgan fingerprint density at radius 3 is 2.73 bits per heavy atom. The molecule has 9 heteroatoms. The molecule has 8 nitrogen and oxygen atoms in total. The Bertz CT molecular complexity index is 700. The third-order valence-electron chi connectivity index (χ3n) is 2.79. The molecule has 0 radical (unpaired) electrons. The minimum atomic E-state index is -1.36. The number of rotatable bonds is 5. The molecule has 0 bridgehead atoms. The fourth-order valence-corrected chi connectivity index (χ4v) is 2.64. The minimum Gasteiger partial charge on any atom is -0.550 e. The van der Waals surface area contributed by atoms with Gasteiger partial charge in [0.25, 0.3) is 16.8 Å². The highest BCUT2D eigenvalue weighted by Gasteiger charge is 2.34. The molecule has 2 rings (SSSR count). The van der Waals surface area contributed by atoms with Gasteiger partial charge in [0, 0.05) is 31.1 Å². The summed E-state index contributed by atoms with van der Waals surface area (Å²) < 4.78 is 0. The fourth-order valence-electron chi connectivity index (χ4n) is 1.78. The standard InChI is InChI=1S/C13H10N2O6S/c16-11(17)4-5-14-12(18)10(22-13(14)19)7-8-2-1-3-9(6-8)15(20)21/h1-3,6-7H,4-5H2,(H,16,17)/p-1/b10-7+. The molecule has 1 aliphatic rings. The number of aliphatic carboxylic acids is 1. The number of carbonyl (C=O) groups is 3. The predicted octanol–water partition coefficient (Wildman–Crippen LogP) is 0.771. The highest BCUT2D eigenvalue weighted by molar-refractivity contribution is 8.18. The van der Waals surface area contributed by atoms with Gasteiger partial charge in [-0.15, -0.1) is 0 Å². The molecular formula is C13H9N2O6S-. The molecule has 1 aromatic carbocycles. The molecule has 1 aliphatic heterocycles. The molecule has 2 amide bonds. The number of nitrogens with zero attached hydrogens (tertiary/aromatic N) is 2. The lowest BCUT2D eigenvalue weighted by Crippen LogP contribution is -2.33. The van der Waals surface area contributed by atoms with Crippen LogP contribution in [0.5, 0.6) is 0 Å². The third kappa shape index (κ3) is 3.50. The van der Waals surface area contributed by atoms with E-state index in [0.717, 1.165) is 4.90 Å². The van der Waals surface area contributed by atoms with Crippen LogP contribution in [0, 0.1) is 10.1 Å². The molecule has 1 saturated heterocycles. The third-order valence-corrected chi connectivity index (χ3v) is 3.70. The van der Waals surface area contributed by atoms with Gasteiger partial charge in [0.15, 0.2) is 0 Å². The van der Waals surface area contributed by atoms with Gasteiger partial charge in [-0.2, -0.15) is 0 Å². The molecule has 1 aromatic rings. The first-order chi connectivity index (χ1) is 10.4. The highest BCUT2D eigenvalue weighted by atomic mass is 32.2. The molecule has 0 atom stereocenters. The summed E-state index contributed by atoms with van der Waals surface area (Å²) in [5.41, 5.74) is 0.268. The molecule has 0 aliphatic carbocycles. The second-order valence-corrected chi connectivity index (χ2v) is 5.30. The van der Waals surface area contributed by atoms with Crippen LogP contribution in [0.3, 0.4) is 0 Å². The van der Waals surface area contributed by atoms with Crippen LogP contribution in [-0.4, -0.2) is 33.5 Å². The van der Waals surface area contributed by atoms with Crippen molar-refractivity contribution in [3.05, 3.63) is 44.8 Å². The van der Waals surface area contributed by atoms with Gasteiger partial charge in [-0.1, -0.05) is 12.1 Å². The number of amides is 2. The number of thioether (sulfide) groups is 1. The molecule has 0 spiro atoms. The summed E-state index contributed by atoms with van der Waals surface area (Å²) in [6.45, 7) is -0.265. The van der Waals surface area contributed by atoms with Crippen LogP contribution in [0.15, 0.2) is 29.2 Å². The van der Waals surface area contributed by atoms with E-state index in [1.165, 1.54) is 24.3 Å². The average Bonchev–Trinajstić information content (AvgIpc) is 2.71. The number of carboxylic acids is 1. The second kappa shape index (κ2) is 6.39. The number of benzene rings is 1. The summed E-state index contributed by atoms with van der Waals surface area (Å²) in [6.07, 6.45) is 0.916. The zero-order valence-electron chi connectivity index (χ0n) is 11.1. The molecule has 0 saturated carbocycles. The van der Waals surface area contributed by atoms with E-state index in [1.54, 1.807) is 6.07 Å². The number of non-ortho nitro benzene ring substituents is 1. The lowest BCUT2D eigenvalue weighted by Gasteiger charge is -2.12. The minimum absolute atomic E-state index is 0.0869. The summed E-state index contributed by atoms with van der Waals surface area (Å²) in [5, 5.41) is 20.5. The van der Waals surface area contributed by atoms with E-state index < -0.39 is 28.5 Å². The monoisotopic (exact) mass is 321 g/mol. The average molecular weight is 321 g/mol.